The van der Waals surface area contributed by atoms with E-state index in [9.17, 15) is 4.79 Å². The first-order valence-electron chi connectivity index (χ1n) is 7.37. The van der Waals surface area contributed by atoms with Crippen LogP contribution in [-0.4, -0.2) is 47.0 Å². The summed E-state index contributed by atoms with van der Waals surface area (Å²) in [5.41, 5.74) is 5.71. The van der Waals surface area contributed by atoms with E-state index < -0.39 is 0 Å². The summed E-state index contributed by atoms with van der Waals surface area (Å²) in [7, 11) is 0. The van der Waals surface area contributed by atoms with Crippen LogP contribution in [0.5, 0.6) is 0 Å². The zero-order valence-electron chi connectivity index (χ0n) is 12.4. The Hall–Kier alpha value is -1.69. The Balaban J connectivity index is 1.94. The largest absolute Gasteiger partial charge is 0.393 e. The zero-order chi connectivity index (χ0) is 15.2. The first kappa shape index (κ1) is 15.7. The Morgan fingerprint density at radius 3 is 2.62 bits per heavy atom. The van der Waals surface area contributed by atoms with Gasteiger partial charge in [0.05, 0.1) is 10.9 Å². The lowest BCUT2D eigenvalue weighted by Gasteiger charge is -2.36. The molecular formula is C15H22N4OS. The second-order valence-corrected chi connectivity index (χ2v) is 5.72. The summed E-state index contributed by atoms with van der Waals surface area (Å²) in [6.45, 7) is 5.01. The number of thiocarbonyl (C=S) groups is 1. The van der Waals surface area contributed by atoms with Crippen LogP contribution in [0.3, 0.4) is 0 Å². The van der Waals surface area contributed by atoms with E-state index in [4.69, 9.17) is 18.0 Å². The summed E-state index contributed by atoms with van der Waals surface area (Å²) in [5, 5.41) is 0. The van der Waals surface area contributed by atoms with Gasteiger partial charge in [-0.3, -0.25) is 4.79 Å². The molecule has 1 amide bonds. The highest BCUT2D eigenvalue weighted by Crippen LogP contribution is 2.16. The maximum Gasteiger partial charge on any atom is 0.232 e. The van der Waals surface area contributed by atoms with Crippen molar-refractivity contribution in [3.05, 3.63) is 24.4 Å². The molecule has 0 radical (unpaired) electrons. The minimum Gasteiger partial charge on any atom is -0.393 e. The second-order valence-electron chi connectivity index (χ2n) is 5.24. The minimum absolute atomic E-state index is 0.0741. The second kappa shape index (κ2) is 7.36. The Morgan fingerprint density at radius 1 is 1.38 bits per heavy atom. The standard InChI is InChI=1S/C15H22N4OS/c1-2-5-12(14(16)21)15(20)19-10-8-18(9-11-19)13-6-3-4-7-17-13/h3-4,6-7,12H,2,5,8-11H2,1H3,(H2,16,21). The van der Waals surface area contributed by atoms with Crippen molar-refractivity contribution in [3.8, 4) is 0 Å². The third-order valence-corrected chi connectivity index (χ3v) is 4.07. The number of carbonyl (C=O) groups is 1. The summed E-state index contributed by atoms with van der Waals surface area (Å²) < 4.78 is 0. The lowest BCUT2D eigenvalue weighted by atomic mass is 10.0. The van der Waals surface area contributed by atoms with Crippen LogP contribution in [0.4, 0.5) is 5.82 Å². The number of nitrogens with two attached hydrogens (primary N) is 1. The van der Waals surface area contributed by atoms with Crippen molar-refractivity contribution in [3.63, 3.8) is 0 Å². The van der Waals surface area contributed by atoms with Crippen LogP contribution in [0.25, 0.3) is 0 Å². The van der Waals surface area contributed by atoms with E-state index in [0.29, 0.717) is 18.1 Å². The molecule has 6 heteroatoms. The number of amides is 1. The first-order valence-corrected chi connectivity index (χ1v) is 7.78. The Labute approximate surface area is 131 Å². The number of aromatic nitrogens is 1. The molecule has 1 fully saturated rings. The predicted molar refractivity (Wildman–Crippen MR) is 88.2 cm³/mol. The molecule has 2 N–H and O–H groups in total. The molecule has 1 aliphatic heterocycles. The lowest BCUT2D eigenvalue weighted by Crippen LogP contribution is -2.52. The number of rotatable bonds is 5. The number of hydrogen-bond acceptors (Lipinski definition) is 4. The van der Waals surface area contributed by atoms with Crippen LogP contribution >= 0.6 is 12.2 Å². The lowest BCUT2D eigenvalue weighted by molar-refractivity contribution is -0.133. The molecule has 0 saturated carbocycles. The van der Waals surface area contributed by atoms with Crippen LogP contribution in [0.2, 0.25) is 0 Å². The van der Waals surface area contributed by atoms with E-state index in [1.165, 1.54) is 0 Å². The van der Waals surface area contributed by atoms with Gasteiger partial charge in [0.2, 0.25) is 5.91 Å². The molecule has 21 heavy (non-hydrogen) atoms. The fraction of sp³-hybridized carbons (Fsp3) is 0.533. The van der Waals surface area contributed by atoms with Crippen LogP contribution in [0, 0.1) is 5.92 Å². The summed E-state index contributed by atoms with van der Waals surface area (Å²) in [6.07, 6.45) is 3.42. The van der Waals surface area contributed by atoms with Gasteiger partial charge in [-0.05, 0) is 18.6 Å². The van der Waals surface area contributed by atoms with E-state index >= 15 is 0 Å². The average Bonchev–Trinajstić information content (AvgIpc) is 2.53. The number of nitrogens with zero attached hydrogens (tertiary/aromatic N) is 3. The molecule has 0 bridgehead atoms. The van der Waals surface area contributed by atoms with Gasteiger partial charge in [0.1, 0.15) is 5.82 Å². The van der Waals surface area contributed by atoms with Gasteiger partial charge in [0.25, 0.3) is 0 Å². The Kier molecular flexibility index (Phi) is 5.50. The van der Waals surface area contributed by atoms with E-state index in [1.54, 1.807) is 6.20 Å². The van der Waals surface area contributed by atoms with Crippen molar-refractivity contribution in [2.24, 2.45) is 11.7 Å². The smallest absolute Gasteiger partial charge is 0.232 e. The van der Waals surface area contributed by atoms with Crippen LogP contribution in [0.15, 0.2) is 24.4 Å². The summed E-state index contributed by atoms with van der Waals surface area (Å²) in [5.74, 6) is 0.723. The van der Waals surface area contributed by atoms with E-state index in [1.807, 2.05) is 30.0 Å². The van der Waals surface area contributed by atoms with Gasteiger partial charge in [-0.2, -0.15) is 0 Å². The van der Waals surface area contributed by atoms with Crippen LogP contribution in [-0.2, 0) is 4.79 Å². The van der Waals surface area contributed by atoms with Crippen molar-refractivity contribution in [1.82, 2.24) is 9.88 Å². The van der Waals surface area contributed by atoms with Gasteiger partial charge in [0, 0.05) is 32.4 Å². The third-order valence-electron chi connectivity index (χ3n) is 3.78. The number of anilines is 1. The molecule has 0 aliphatic carbocycles. The summed E-state index contributed by atoms with van der Waals surface area (Å²) in [6, 6.07) is 5.87. The molecule has 1 aromatic rings. The maximum atomic E-state index is 12.5. The highest BCUT2D eigenvalue weighted by molar-refractivity contribution is 7.80. The molecule has 1 aliphatic rings. The van der Waals surface area contributed by atoms with Crippen molar-refractivity contribution in [2.45, 2.75) is 19.8 Å². The SMILES string of the molecule is CCCC(C(=O)N1CCN(c2ccccn2)CC1)C(N)=S. The molecule has 1 unspecified atom stereocenters. The van der Waals surface area contributed by atoms with Gasteiger partial charge < -0.3 is 15.5 Å². The molecule has 5 nitrogen and oxygen atoms in total. The quantitative estimate of drug-likeness (QED) is 0.834. The van der Waals surface area contributed by atoms with Gasteiger partial charge in [-0.15, -0.1) is 0 Å². The monoisotopic (exact) mass is 306 g/mol. The van der Waals surface area contributed by atoms with Gasteiger partial charge in [0.15, 0.2) is 0 Å². The number of pyridine rings is 1. The molecule has 1 aromatic heterocycles. The van der Waals surface area contributed by atoms with Crippen molar-refractivity contribution < 1.29 is 4.79 Å². The van der Waals surface area contributed by atoms with Crippen molar-refractivity contribution >= 4 is 28.9 Å². The molecule has 0 spiro atoms. The van der Waals surface area contributed by atoms with Crippen LogP contribution in [0.1, 0.15) is 19.8 Å². The Bertz CT molecular complexity index is 486. The molecule has 2 heterocycles. The van der Waals surface area contributed by atoms with Crippen LogP contribution < -0.4 is 10.6 Å². The maximum absolute atomic E-state index is 12.5. The van der Waals surface area contributed by atoms with E-state index in [-0.39, 0.29) is 11.8 Å². The summed E-state index contributed by atoms with van der Waals surface area (Å²) >= 11 is 5.04. The third kappa shape index (κ3) is 3.91. The first-order chi connectivity index (χ1) is 10.1. The fourth-order valence-corrected chi connectivity index (χ4v) is 2.81. The molecule has 114 valence electrons. The number of carbonyl (C=O) groups excluding carboxylic acids is 1. The molecular weight excluding hydrogens is 284 g/mol. The normalized spacial score (nSPS) is 16.6. The zero-order valence-corrected chi connectivity index (χ0v) is 13.2. The van der Waals surface area contributed by atoms with E-state index in [0.717, 1.165) is 31.7 Å². The van der Waals surface area contributed by atoms with Gasteiger partial charge >= 0.3 is 0 Å². The number of piperazine rings is 1. The van der Waals surface area contributed by atoms with Gasteiger partial charge in [-0.1, -0.05) is 31.6 Å². The Morgan fingerprint density at radius 2 is 2.10 bits per heavy atom. The molecule has 2 rings (SSSR count). The van der Waals surface area contributed by atoms with Crippen molar-refractivity contribution in [2.75, 3.05) is 31.1 Å². The number of hydrogen-bond donors (Lipinski definition) is 1. The highest BCUT2D eigenvalue weighted by Gasteiger charge is 2.28. The average molecular weight is 306 g/mol. The molecule has 1 atom stereocenters. The van der Waals surface area contributed by atoms with E-state index in [2.05, 4.69) is 9.88 Å². The van der Waals surface area contributed by atoms with Crippen molar-refractivity contribution in [1.29, 1.82) is 0 Å². The molecule has 1 saturated heterocycles. The van der Waals surface area contributed by atoms with Gasteiger partial charge in [-0.25, -0.2) is 4.98 Å². The fourth-order valence-electron chi connectivity index (χ4n) is 2.59. The summed E-state index contributed by atoms with van der Waals surface area (Å²) in [4.78, 5) is 21.2. The predicted octanol–water partition coefficient (Wildman–Crippen LogP) is 1.43. The molecule has 0 aromatic carbocycles. The topological polar surface area (TPSA) is 62.5 Å². The highest BCUT2D eigenvalue weighted by atomic mass is 32.1. The minimum atomic E-state index is -0.314.